The van der Waals surface area contributed by atoms with E-state index < -0.39 is 11.7 Å². The largest absolute Gasteiger partial charge is 0.444 e. The number of azide groups is 1. The third-order valence-corrected chi connectivity index (χ3v) is 7.86. The van der Waals surface area contributed by atoms with Gasteiger partial charge in [-0.1, -0.05) is 66.6 Å². The minimum atomic E-state index is -0.540. The van der Waals surface area contributed by atoms with Crippen LogP contribution in [0.4, 0.5) is 4.79 Å². The number of nitrogens with one attached hydrogen (secondary N) is 2. The second kappa shape index (κ2) is 12.2. The van der Waals surface area contributed by atoms with Crippen LogP contribution in [0.1, 0.15) is 81.0 Å². The van der Waals surface area contributed by atoms with E-state index in [0.29, 0.717) is 12.2 Å². The van der Waals surface area contributed by atoms with Gasteiger partial charge in [-0.15, -0.1) is 0 Å². The number of ether oxygens (including phenoxy) is 1. The van der Waals surface area contributed by atoms with Crippen molar-refractivity contribution in [3.8, 4) is 0 Å². The van der Waals surface area contributed by atoms with Gasteiger partial charge in [0.1, 0.15) is 11.3 Å². The molecule has 218 valence electrons. The fraction of sp³-hybridized carbons (Fsp3) is 0.394. The summed E-state index contributed by atoms with van der Waals surface area (Å²) in [5, 5.41) is 13.3. The minimum absolute atomic E-state index is 0.0127. The van der Waals surface area contributed by atoms with Crippen LogP contribution in [0.5, 0.6) is 0 Å². The number of benzene rings is 3. The summed E-state index contributed by atoms with van der Waals surface area (Å²) in [5.74, 6) is -0.125. The van der Waals surface area contributed by atoms with Crippen molar-refractivity contribution in [3.63, 3.8) is 0 Å². The first kappa shape index (κ1) is 29.0. The predicted molar refractivity (Wildman–Crippen MR) is 165 cm³/mol. The average Bonchev–Trinajstić information content (AvgIpc) is 3.31. The molecule has 1 aliphatic carbocycles. The van der Waals surface area contributed by atoms with Gasteiger partial charge in [0.15, 0.2) is 0 Å². The second-order valence-corrected chi connectivity index (χ2v) is 12.1. The maximum Gasteiger partial charge on any atom is 0.407 e. The van der Waals surface area contributed by atoms with Gasteiger partial charge in [0.2, 0.25) is 0 Å². The molecule has 0 radical (unpaired) electrons. The van der Waals surface area contributed by atoms with Crippen LogP contribution in [0.2, 0.25) is 0 Å². The Morgan fingerprint density at radius 1 is 0.976 bits per heavy atom. The lowest BCUT2D eigenvalue weighted by atomic mass is 9.91. The maximum atomic E-state index is 13.8. The summed E-state index contributed by atoms with van der Waals surface area (Å²) in [6, 6.07) is 22.1. The molecule has 0 saturated heterocycles. The van der Waals surface area contributed by atoms with Gasteiger partial charge < -0.3 is 19.9 Å². The van der Waals surface area contributed by atoms with Crippen molar-refractivity contribution in [2.24, 2.45) is 5.11 Å². The summed E-state index contributed by atoms with van der Waals surface area (Å²) in [4.78, 5) is 29.0. The number of nitrogens with zero attached hydrogens (tertiary/aromatic N) is 4. The molecule has 1 fully saturated rings. The molecule has 9 heteroatoms. The van der Waals surface area contributed by atoms with Gasteiger partial charge in [-0.25, -0.2) is 4.79 Å². The summed E-state index contributed by atoms with van der Waals surface area (Å²) in [6.45, 7) is 7.92. The van der Waals surface area contributed by atoms with Crippen LogP contribution in [-0.2, 0) is 11.3 Å². The van der Waals surface area contributed by atoms with E-state index in [2.05, 4.69) is 49.5 Å². The van der Waals surface area contributed by atoms with Crippen LogP contribution >= 0.6 is 0 Å². The van der Waals surface area contributed by atoms with E-state index in [9.17, 15) is 9.59 Å². The van der Waals surface area contributed by atoms with Crippen LogP contribution in [0, 0.1) is 0 Å². The predicted octanol–water partition coefficient (Wildman–Crippen LogP) is 7.78. The van der Waals surface area contributed by atoms with Crippen molar-refractivity contribution in [1.82, 2.24) is 15.2 Å². The molecule has 1 heterocycles. The zero-order valence-electron chi connectivity index (χ0n) is 24.6. The van der Waals surface area contributed by atoms with Crippen molar-refractivity contribution in [2.45, 2.75) is 83.6 Å². The Kier molecular flexibility index (Phi) is 8.41. The van der Waals surface area contributed by atoms with Crippen LogP contribution in [0.15, 0.2) is 71.8 Å². The number of hydrogen-bond acceptors (Lipinski definition) is 4. The Bertz CT molecular complexity index is 1650. The zero-order valence-corrected chi connectivity index (χ0v) is 24.6. The number of rotatable bonds is 7. The molecule has 1 aliphatic rings. The first-order valence-corrected chi connectivity index (χ1v) is 14.6. The Morgan fingerprint density at radius 2 is 1.67 bits per heavy atom. The van der Waals surface area contributed by atoms with Crippen molar-refractivity contribution < 1.29 is 14.3 Å². The highest BCUT2D eigenvalue weighted by Crippen LogP contribution is 2.29. The van der Waals surface area contributed by atoms with Gasteiger partial charge in [0.05, 0.1) is 6.04 Å². The van der Waals surface area contributed by atoms with Crippen molar-refractivity contribution in [3.05, 3.63) is 94.0 Å². The fourth-order valence-electron chi connectivity index (χ4n) is 5.75. The quantitative estimate of drug-likeness (QED) is 0.135. The van der Waals surface area contributed by atoms with Crippen LogP contribution in [-0.4, -0.2) is 34.3 Å². The first-order chi connectivity index (χ1) is 20.1. The monoisotopic (exact) mass is 566 g/mol. The molecule has 5 rings (SSSR count). The molecule has 2 amide bonds. The molecule has 1 aromatic heterocycles. The normalized spacial score (nSPS) is 17.8. The van der Waals surface area contributed by atoms with E-state index in [-0.39, 0.29) is 24.0 Å². The molecule has 3 aromatic carbocycles. The van der Waals surface area contributed by atoms with E-state index in [1.165, 1.54) is 0 Å². The summed E-state index contributed by atoms with van der Waals surface area (Å²) in [6.07, 6.45) is 2.67. The summed E-state index contributed by atoms with van der Waals surface area (Å²) in [5.41, 5.74) is 11.9. The van der Waals surface area contributed by atoms with E-state index in [4.69, 9.17) is 10.3 Å². The summed E-state index contributed by atoms with van der Waals surface area (Å²) >= 11 is 0. The van der Waals surface area contributed by atoms with Gasteiger partial charge in [-0.3, -0.25) is 4.79 Å². The van der Waals surface area contributed by atoms with Crippen molar-refractivity contribution >= 4 is 33.7 Å². The van der Waals surface area contributed by atoms with Gasteiger partial charge in [0.25, 0.3) is 5.91 Å². The highest BCUT2D eigenvalue weighted by atomic mass is 16.6. The number of carbonyl (C=O) groups excluding carboxylic acids is 2. The second-order valence-electron chi connectivity index (χ2n) is 12.1. The topological polar surface area (TPSA) is 121 Å². The number of fused-ring (bicyclic) bond motifs is 2. The Morgan fingerprint density at radius 3 is 2.38 bits per heavy atom. The average molecular weight is 567 g/mol. The third kappa shape index (κ3) is 6.69. The van der Waals surface area contributed by atoms with Gasteiger partial charge in [-0.05, 0) is 86.0 Å². The zero-order chi connectivity index (χ0) is 29.9. The molecule has 2 N–H and O–H groups in total. The molecule has 42 heavy (non-hydrogen) atoms. The summed E-state index contributed by atoms with van der Waals surface area (Å²) in [7, 11) is 0. The molecule has 0 unspecified atom stereocenters. The van der Waals surface area contributed by atoms with Crippen LogP contribution in [0.3, 0.4) is 0 Å². The number of hydrogen-bond donors (Lipinski definition) is 2. The van der Waals surface area contributed by atoms with Crippen LogP contribution in [0.25, 0.3) is 32.1 Å². The molecule has 0 aliphatic heterocycles. The van der Waals surface area contributed by atoms with Crippen molar-refractivity contribution in [2.75, 3.05) is 0 Å². The lowest BCUT2D eigenvalue weighted by Crippen LogP contribution is -2.45. The summed E-state index contributed by atoms with van der Waals surface area (Å²) < 4.78 is 7.46. The van der Waals surface area contributed by atoms with Gasteiger partial charge in [0, 0.05) is 34.4 Å². The van der Waals surface area contributed by atoms with E-state index >= 15 is 0 Å². The van der Waals surface area contributed by atoms with Gasteiger partial charge in [-0.2, -0.15) is 0 Å². The molecule has 9 nitrogen and oxygen atoms in total. The maximum absolute atomic E-state index is 13.8. The first-order valence-electron chi connectivity index (χ1n) is 14.6. The SMILES string of the molecule is C[C@@H](N=[N+]=[N-])c1ccc2cc(C(=O)NC3CCC(NC(=O)OC(C)(C)C)CC3)n(Cc3cccc4ccccc34)c2c1. The number of carbonyl (C=O) groups is 2. The number of amides is 2. The molecular weight excluding hydrogens is 528 g/mol. The molecule has 0 bridgehead atoms. The Labute approximate surface area is 245 Å². The Hall–Kier alpha value is -4.49. The molecule has 1 saturated carbocycles. The molecular formula is C33H38N6O3. The van der Waals surface area contributed by atoms with E-state index in [1.54, 1.807) is 0 Å². The van der Waals surface area contributed by atoms with Gasteiger partial charge >= 0.3 is 6.09 Å². The fourth-order valence-corrected chi connectivity index (χ4v) is 5.75. The highest BCUT2D eigenvalue weighted by molar-refractivity contribution is 5.99. The van der Waals surface area contributed by atoms with E-state index in [0.717, 1.165) is 58.5 Å². The van der Waals surface area contributed by atoms with Crippen molar-refractivity contribution in [1.29, 1.82) is 0 Å². The third-order valence-electron chi connectivity index (χ3n) is 7.86. The number of alkyl carbamates (subject to hydrolysis) is 1. The lowest BCUT2D eigenvalue weighted by Gasteiger charge is -2.30. The Balaban J connectivity index is 1.39. The van der Waals surface area contributed by atoms with E-state index in [1.807, 2.05) is 70.2 Å². The highest BCUT2D eigenvalue weighted by Gasteiger charge is 2.27. The molecule has 1 atom stereocenters. The molecule has 4 aromatic rings. The minimum Gasteiger partial charge on any atom is -0.444 e. The molecule has 0 spiro atoms. The smallest absolute Gasteiger partial charge is 0.407 e. The standard InChI is InChI=1S/C33H38N6O3/c1-21(37-38-34)23-12-13-24-19-30(31(40)35-26-14-16-27(17-15-26)36-32(41)42-33(2,3)4)39(29(24)18-23)20-25-10-7-9-22-8-5-6-11-28(22)25/h5-13,18-19,21,26-27H,14-17,20H2,1-4H3,(H,35,40)(H,36,41)/t21-,26?,27?/m1/s1. The van der Waals surface area contributed by atoms with Crippen LogP contribution < -0.4 is 10.6 Å². The lowest BCUT2D eigenvalue weighted by molar-refractivity contribution is 0.0488. The number of aromatic nitrogens is 1.